The summed E-state index contributed by atoms with van der Waals surface area (Å²) in [5.74, 6) is 2.40. The van der Waals surface area contributed by atoms with Gasteiger partial charge in [-0.3, -0.25) is 0 Å². The van der Waals surface area contributed by atoms with Crippen molar-refractivity contribution in [2.75, 3.05) is 0 Å². The zero-order valence-corrected chi connectivity index (χ0v) is 17.3. The summed E-state index contributed by atoms with van der Waals surface area (Å²) in [7, 11) is 0. The highest BCUT2D eigenvalue weighted by Gasteiger charge is 2.22. The fourth-order valence-corrected chi connectivity index (χ4v) is 4.34. The second kappa shape index (κ2) is 9.87. The van der Waals surface area contributed by atoms with Crippen LogP contribution in [-0.4, -0.2) is 15.1 Å². The predicted octanol–water partition coefficient (Wildman–Crippen LogP) is 7.04. The van der Waals surface area contributed by atoms with Gasteiger partial charge in [0.05, 0.1) is 17.6 Å². The Morgan fingerprint density at radius 1 is 1.11 bits per heavy atom. The molecular formula is C23H29N3S. The van der Waals surface area contributed by atoms with E-state index >= 15 is 0 Å². The molecule has 1 aliphatic carbocycles. The second-order valence-electron chi connectivity index (χ2n) is 7.76. The molecule has 0 amide bonds. The normalized spacial score (nSPS) is 19.5. The standard InChI is InChI=1S/C23H29N3S/c1-3-4-5-6-18-7-9-19(10-8-18)20-11-12-22(17(2)13-20)23-24-14-21(15-25-23)26-16-27/h11-15,18-19H,3-10H2,1-2H3. The van der Waals surface area contributed by atoms with E-state index in [1.54, 1.807) is 12.4 Å². The maximum Gasteiger partial charge on any atom is 0.159 e. The van der Waals surface area contributed by atoms with Crippen molar-refractivity contribution in [1.29, 1.82) is 0 Å². The van der Waals surface area contributed by atoms with Gasteiger partial charge in [-0.2, -0.15) is 4.99 Å². The first-order chi connectivity index (χ1) is 13.2. The van der Waals surface area contributed by atoms with Gasteiger partial charge in [-0.1, -0.05) is 50.8 Å². The van der Waals surface area contributed by atoms with Crippen molar-refractivity contribution in [2.24, 2.45) is 10.9 Å². The molecule has 3 rings (SSSR count). The van der Waals surface area contributed by atoms with Gasteiger partial charge in [-0.05, 0) is 67.8 Å². The molecule has 1 aromatic carbocycles. The van der Waals surface area contributed by atoms with Crippen LogP contribution in [0.3, 0.4) is 0 Å². The molecule has 27 heavy (non-hydrogen) atoms. The van der Waals surface area contributed by atoms with E-state index in [4.69, 9.17) is 0 Å². The van der Waals surface area contributed by atoms with Crippen molar-refractivity contribution in [3.8, 4) is 11.4 Å². The fraction of sp³-hybridized carbons (Fsp3) is 0.522. The zero-order chi connectivity index (χ0) is 19.1. The summed E-state index contributed by atoms with van der Waals surface area (Å²) in [6.07, 6.45) is 14.4. The lowest BCUT2D eigenvalue weighted by molar-refractivity contribution is 0.303. The molecule has 0 atom stereocenters. The minimum atomic E-state index is 0.638. The molecule has 1 aliphatic rings. The smallest absolute Gasteiger partial charge is 0.159 e. The van der Waals surface area contributed by atoms with E-state index in [1.165, 1.54) is 62.5 Å². The molecule has 0 aliphatic heterocycles. The Hall–Kier alpha value is -1.90. The average Bonchev–Trinajstić information content (AvgIpc) is 2.70. The maximum atomic E-state index is 4.62. The van der Waals surface area contributed by atoms with Gasteiger partial charge in [0.2, 0.25) is 0 Å². The number of nitrogens with zero attached hydrogens (tertiary/aromatic N) is 3. The first-order valence-electron chi connectivity index (χ1n) is 10.2. The second-order valence-corrected chi connectivity index (χ2v) is 7.94. The molecule has 0 saturated heterocycles. The molecule has 0 bridgehead atoms. The highest BCUT2D eigenvalue weighted by molar-refractivity contribution is 7.78. The van der Waals surface area contributed by atoms with Crippen molar-refractivity contribution in [3.63, 3.8) is 0 Å². The SMILES string of the molecule is CCCCCC1CCC(c2ccc(-c3ncc(N=C=S)cn3)c(C)c2)CC1. The lowest BCUT2D eigenvalue weighted by atomic mass is 9.76. The summed E-state index contributed by atoms with van der Waals surface area (Å²) >= 11 is 4.62. The van der Waals surface area contributed by atoms with Crippen LogP contribution in [0.25, 0.3) is 11.4 Å². The number of benzene rings is 1. The topological polar surface area (TPSA) is 38.1 Å². The van der Waals surface area contributed by atoms with Crippen molar-refractivity contribution >= 4 is 23.1 Å². The Morgan fingerprint density at radius 3 is 2.48 bits per heavy atom. The Bertz CT molecular complexity index is 786. The number of hydrogen-bond acceptors (Lipinski definition) is 4. The first kappa shape index (κ1) is 19.9. The molecule has 1 aromatic heterocycles. The number of aromatic nitrogens is 2. The van der Waals surface area contributed by atoms with Crippen LogP contribution in [0.1, 0.15) is 75.3 Å². The van der Waals surface area contributed by atoms with Gasteiger partial charge in [0, 0.05) is 5.56 Å². The van der Waals surface area contributed by atoms with Gasteiger partial charge in [-0.15, -0.1) is 0 Å². The minimum absolute atomic E-state index is 0.638. The van der Waals surface area contributed by atoms with Crippen LogP contribution in [0.15, 0.2) is 35.6 Å². The van der Waals surface area contributed by atoms with E-state index in [1.807, 2.05) is 0 Å². The summed E-state index contributed by atoms with van der Waals surface area (Å²) in [5, 5.41) is 2.34. The van der Waals surface area contributed by atoms with E-state index in [-0.39, 0.29) is 0 Å². The molecular weight excluding hydrogens is 350 g/mol. The van der Waals surface area contributed by atoms with Crippen molar-refractivity contribution in [2.45, 2.75) is 71.1 Å². The zero-order valence-electron chi connectivity index (χ0n) is 16.4. The van der Waals surface area contributed by atoms with Crippen LogP contribution in [0.4, 0.5) is 5.69 Å². The largest absolute Gasteiger partial charge is 0.234 e. The third-order valence-corrected chi connectivity index (χ3v) is 5.93. The summed E-state index contributed by atoms with van der Waals surface area (Å²) < 4.78 is 0. The minimum Gasteiger partial charge on any atom is -0.234 e. The van der Waals surface area contributed by atoms with Crippen molar-refractivity contribution < 1.29 is 0 Å². The molecule has 1 heterocycles. The first-order valence-corrected chi connectivity index (χ1v) is 10.6. The Kier molecular flexibility index (Phi) is 7.25. The Balaban J connectivity index is 1.64. The van der Waals surface area contributed by atoms with Crippen LogP contribution in [0.2, 0.25) is 0 Å². The van der Waals surface area contributed by atoms with Crippen LogP contribution in [0.5, 0.6) is 0 Å². The van der Waals surface area contributed by atoms with Crippen LogP contribution in [0, 0.1) is 12.8 Å². The summed E-state index contributed by atoms with van der Waals surface area (Å²) in [6, 6.07) is 6.79. The molecule has 0 radical (unpaired) electrons. The van der Waals surface area contributed by atoms with E-state index in [0.717, 1.165) is 17.3 Å². The van der Waals surface area contributed by atoms with E-state index in [0.29, 0.717) is 11.6 Å². The molecule has 0 N–H and O–H groups in total. The predicted molar refractivity (Wildman–Crippen MR) is 116 cm³/mol. The van der Waals surface area contributed by atoms with Crippen LogP contribution >= 0.6 is 12.2 Å². The molecule has 3 nitrogen and oxygen atoms in total. The fourth-order valence-electron chi connectivity index (χ4n) is 4.23. The van der Waals surface area contributed by atoms with Crippen molar-refractivity contribution in [1.82, 2.24) is 9.97 Å². The molecule has 2 aromatic rings. The Morgan fingerprint density at radius 2 is 1.85 bits per heavy atom. The molecule has 142 valence electrons. The van der Waals surface area contributed by atoms with Gasteiger partial charge in [0.1, 0.15) is 5.69 Å². The van der Waals surface area contributed by atoms with Crippen molar-refractivity contribution in [3.05, 3.63) is 41.7 Å². The van der Waals surface area contributed by atoms with E-state index in [2.05, 4.69) is 64.4 Å². The lowest BCUT2D eigenvalue weighted by Crippen LogP contribution is -2.13. The number of rotatable bonds is 7. The average molecular weight is 380 g/mol. The maximum absolute atomic E-state index is 4.62. The molecule has 4 heteroatoms. The number of aliphatic imine (C=N–C) groups is 1. The molecule has 0 unspecified atom stereocenters. The number of isothiocyanates is 1. The Labute approximate surface area is 168 Å². The van der Waals surface area contributed by atoms with Crippen LogP contribution in [-0.2, 0) is 0 Å². The van der Waals surface area contributed by atoms with E-state index < -0.39 is 0 Å². The van der Waals surface area contributed by atoms with Gasteiger partial charge < -0.3 is 0 Å². The monoisotopic (exact) mass is 379 g/mol. The number of unbranched alkanes of at least 4 members (excludes halogenated alkanes) is 2. The van der Waals surface area contributed by atoms with Crippen LogP contribution < -0.4 is 0 Å². The van der Waals surface area contributed by atoms with Gasteiger partial charge in [0.25, 0.3) is 0 Å². The molecule has 1 fully saturated rings. The lowest BCUT2D eigenvalue weighted by Gasteiger charge is -2.29. The quantitative estimate of drug-likeness (QED) is 0.294. The van der Waals surface area contributed by atoms with Gasteiger partial charge in [0.15, 0.2) is 5.82 Å². The van der Waals surface area contributed by atoms with Gasteiger partial charge in [-0.25, -0.2) is 9.97 Å². The third-order valence-electron chi connectivity index (χ3n) is 5.84. The third kappa shape index (κ3) is 5.31. The molecule has 0 spiro atoms. The number of aryl methyl sites for hydroxylation is 1. The van der Waals surface area contributed by atoms with Gasteiger partial charge >= 0.3 is 0 Å². The summed E-state index contributed by atoms with van der Waals surface area (Å²) in [6.45, 7) is 4.44. The van der Waals surface area contributed by atoms with E-state index in [9.17, 15) is 0 Å². The summed E-state index contributed by atoms with van der Waals surface area (Å²) in [4.78, 5) is 12.8. The highest BCUT2D eigenvalue weighted by atomic mass is 32.1. The number of hydrogen-bond donors (Lipinski definition) is 0. The highest BCUT2D eigenvalue weighted by Crippen LogP contribution is 2.38. The summed E-state index contributed by atoms with van der Waals surface area (Å²) in [5.41, 5.74) is 4.44. The molecule has 1 saturated carbocycles. The number of thiocarbonyl (C=S) groups is 1.